The lowest BCUT2D eigenvalue weighted by Gasteiger charge is -2.09. The first-order valence-corrected chi connectivity index (χ1v) is 11.2. The summed E-state index contributed by atoms with van der Waals surface area (Å²) in [7, 11) is 0. The molecule has 34 heavy (non-hydrogen) atoms. The molecule has 0 aliphatic heterocycles. The highest BCUT2D eigenvalue weighted by Gasteiger charge is 2.15. The van der Waals surface area contributed by atoms with Crippen LogP contribution < -0.4 is 5.32 Å². The normalized spacial score (nSPS) is 11.1. The number of nitrogens with one attached hydrogen (secondary N) is 2. The zero-order valence-corrected chi connectivity index (χ0v) is 18.9. The summed E-state index contributed by atoms with van der Waals surface area (Å²) in [6, 6.07) is 30.8. The molecule has 0 saturated carbocycles. The number of hydrogen-bond acceptors (Lipinski definition) is 3. The highest BCUT2D eigenvalue weighted by Crippen LogP contribution is 2.29. The zero-order valence-electron chi connectivity index (χ0n) is 18.9. The van der Waals surface area contributed by atoms with Gasteiger partial charge >= 0.3 is 5.97 Å². The molecule has 3 N–H and O–H groups in total. The van der Waals surface area contributed by atoms with Crippen LogP contribution in [-0.2, 0) is 13.1 Å². The van der Waals surface area contributed by atoms with Crippen LogP contribution in [0, 0.1) is 6.92 Å². The summed E-state index contributed by atoms with van der Waals surface area (Å²) < 4.78 is 0. The van der Waals surface area contributed by atoms with E-state index in [1.54, 1.807) is 6.07 Å². The van der Waals surface area contributed by atoms with Gasteiger partial charge in [-0.25, -0.2) is 9.78 Å². The molecule has 4 aromatic carbocycles. The lowest BCUT2D eigenvalue weighted by atomic mass is 9.97. The van der Waals surface area contributed by atoms with E-state index >= 15 is 0 Å². The van der Waals surface area contributed by atoms with Gasteiger partial charge in [0.05, 0.1) is 11.1 Å². The highest BCUT2D eigenvalue weighted by atomic mass is 16.4. The maximum Gasteiger partial charge on any atom is 0.337 e. The molecule has 0 spiro atoms. The van der Waals surface area contributed by atoms with E-state index in [2.05, 4.69) is 75.9 Å². The monoisotopic (exact) mass is 447 g/mol. The third-order valence-corrected chi connectivity index (χ3v) is 5.92. The van der Waals surface area contributed by atoms with E-state index in [1.807, 2.05) is 31.2 Å². The van der Waals surface area contributed by atoms with E-state index in [9.17, 15) is 9.90 Å². The van der Waals surface area contributed by atoms with Crippen molar-refractivity contribution < 1.29 is 9.90 Å². The van der Waals surface area contributed by atoms with Gasteiger partial charge in [-0.1, -0.05) is 72.8 Å². The molecule has 0 amide bonds. The number of hydrogen-bond donors (Lipinski definition) is 3. The Labute approximate surface area is 198 Å². The average molecular weight is 448 g/mol. The van der Waals surface area contributed by atoms with Crippen LogP contribution in [0.3, 0.4) is 0 Å². The van der Waals surface area contributed by atoms with Gasteiger partial charge in [0.15, 0.2) is 0 Å². The molecule has 0 aliphatic carbocycles. The first kappa shape index (κ1) is 21.6. The van der Waals surface area contributed by atoms with Gasteiger partial charge in [-0.15, -0.1) is 0 Å². The van der Waals surface area contributed by atoms with E-state index in [0.29, 0.717) is 11.3 Å². The number of carboxylic acids is 1. The maximum atomic E-state index is 11.8. The Morgan fingerprint density at radius 1 is 0.794 bits per heavy atom. The van der Waals surface area contributed by atoms with Crippen LogP contribution in [0.1, 0.15) is 27.3 Å². The number of H-pyrrole nitrogens is 1. The van der Waals surface area contributed by atoms with Crippen LogP contribution in [0.2, 0.25) is 0 Å². The predicted molar refractivity (Wildman–Crippen MR) is 136 cm³/mol. The Morgan fingerprint density at radius 3 is 2.21 bits per heavy atom. The highest BCUT2D eigenvalue weighted by molar-refractivity contribution is 6.03. The van der Waals surface area contributed by atoms with Crippen LogP contribution in [0.5, 0.6) is 0 Å². The van der Waals surface area contributed by atoms with Gasteiger partial charge in [-0.3, -0.25) is 0 Å². The third-order valence-electron chi connectivity index (χ3n) is 5.92. The number of nitrogens with zero attached hydrogens (tertiary/aromatic N) is 1. The smallest absolute Gasteiger partial charge is 0.337 e. The van der Waals surface area contributed by atoms with Crippen LogP contribution in [0.15, 0.2) is 91.0 Å². The molecule has 5 heteroatoms. The van der Waals surface area contributed by atoms with Crippen molar-refractivity contribution in [3.8, 4) is 22.3 Å². The number of aromatic nitrogens is 2. The standard InChI is InChI=1S/C29H25N3O2/c1-19-31-27-16-25(15-26(29(33)34)28(27)32-19)23-12-10-22(11-13-23)24-9-5-8-21(14-24)18-30-17-20-6-3-2-4-7-20/h2-16,30H,17-18H2,1H3,(H,31,32)(H,33,34). The lowest BCUT2D eigenvalue weighted by molar-refractivity contribution is 0.0699. The van der Waals surface area contributed by atoms with Crippen molar-refractivity contribution in [2.75, 3.05) is 0 Å². The first-order valence-electron chi connectivity index (χ1n) is 11.2. The molecule has 5 nitrogen and oxygen atoms in total. The largest absolute Gasteiger partial charge is 0.478 e. The average Bonchev–Trinajstić information content (AvgIpc) is 3.24. The minimum atomic E-state index is -0.979. The van der Waals surface area contributed by atoms with E-state index < -0.39 is 5.97 Å². The number of carboxylic acid groups (broad SMARTS) is 1. The molecule has 0 saturated heterocycles. The van der Waals surface area contributed by atoms with Gasteiger partial charge in [-0.2, -0.15) is 0 Å². The van der Waals surface area contributed by atoms with Gasteiger partial charge < -0.3 is 15.4 Å². The first-order chi connectivity index (χ1) is 16.6. The van der Waals surface area contributed by atoms with Crippen molar-refractivity contribution in [1.82, 2.24) is 15.3 Å². The Balaban J connectivity index is 1.35. The summed E-state index contributed by atoms with van der Waals surface area (Å²) >= 11 is 0. The van der Waals surface area contributed by atoms with E-state index in [4.69, 9.17) is 0 Å². The molecular formula is C29H25N3O2. The van der Waals surface area contributed by atoms with Gasteiger partial charge in [0.2, 0.25) is 0 Å². The van der Waals surface area contributed by atoms with E-state index in [1.165, 1.54) is 11.1 Å². The number of carbonyl (C=O) groups is 1. The summed E-state index contributed by atoms with van der Waals surface area (Å²) in [5.41, 5.74) is 7.99. The Morgan fingerprint density at radius 2 is 1.47 bits per heavy atom. The molecule has 0 aliphatic rings. The molecule has 0 atom stereocenters. The van der Waals surface area contributed by atoms with Crippen molar-refractivity contribution in [1.29, 1.82) is 0 Å². The summed E-state index contributed by atoms with van der Waals surface area (Å²) in [6.07, 6.45) is 0. The second-order valence-corrected chi connectivity index (χ2v) is 8.41. The van der Waals surface area contributed by atoms with Gasteiger partial charge in [0, 0.05) is 13.1 Å². The molecule has 1 heterocycles. The van der Waals surface area contributed by atoms with Gasteiger partial charge in [-0.05, 0) is 58.5 Å². The molecule has 0 radical (unpaired) electrons. The third kappa shape index (κ3) is 4.60. The van der Waals surface area contributed by atoms with Gasteiger partial charge in [0.25, 0.3) is 0 Å². The lowest BCUT2D eigenvalue weighted by Crippen LogP contribution is -2.12. The quantitative estimate of drug-likeness (QED) is 0.278. The zero-order chi connectivity index (χ0) is 23.5. The molecule has 168 valence electrons. The second kappa shape index (κ2) is 9.33. The fourth-order valence-corrected chi connectivity index (χ4v) is 4.23. The van der Waals surface area contributed by atoms with Crippen LogP contribution in [0.25, 0.3) is 33.3 Å². The number of benzene rings is 4. The van der Waals surface area contributed by atoms with Crippen LogP contribution in [-0.4, -0.2) is 21.0 Å². The van der Waals surface area contributed by atoms with Crippen molar-refractivity contribution in [3.05, 3.63) is 114 Å². The minimum absolute atomic E-state index is 0.205. The van der Waals surface area contributed by atoms with E-state index in [-0.39, 0.29) is 5.56 Å². The van der Waals surface area contributed by atoms with Gasteiger partial charge in [0.1, 0.15) is 11.3 Å². The molecule has 1 aromatic heterocycles. The number of aryl methyl sites for hydroxylation is 1. The molecule has 0 fully saturated rings. The summed E-state index contributed by atoms with van der Waals surface area (Å²) in [6.45, 7) is 3.45. The number of fused-ring (bicyclic) bond motifs is 1. The topological polar surface area (TPSA) is 78.0 Å². The number of imidazole rings is 1. The molecule has 5 rings (SSSR count). The number of aromatic carboxylic acids is 1. The van der Waals surface area contributed by atoms with E-state index in [0.717, 1.165) is 40.9 Å². The van der Waals surface area contributed by atoms with Crippen LogP contribution >= 0.6 is 0 Å². The molecule has 0 unspecified atom stereocenters. The van der Waals surface area contributed by atoms with Crippen molar-refractivity contribution in [2.24, 2.45) is 0 Å². The minimum Gasteiger partial charge on any atom is -0.478 e. The second-order valence-electron chi connectivity index (χ2n) is 8.41. The summed E-state index contributed by atoms with van der Waals surface area (Å²) in [5, 5.41) is 13.2. The van der Waals surface area contributed by atoms with Crippen molar-refractivity contribution in [3.63, 3.8) is 0 Å². The Bertz CT molecular complexity index is 1450. The van der Waals surface area contributed by atoms with Crippen molar-refractivity contribution in [2.45, 2.75) is 20.0 Å². The SMILES string of the molecule is Cc1nc2c(C(=O)O)cc(-c3ccc(-c4cccc(CNCc5ccccc5)c4)cc3)cc2[nH]1. The maximum absolute atomic E-state index is 11.8. The molecular weight excluding hydrogens is 422 g/mol. The fourth-order valence-electron chi connectivity index (χ4n) is 4.23. The van der Waals surface area contributed by atoms with Crippen LogP contribution in [0.4, 0.5) is 0 Å². The Kier molecular flexibility index (Phi) is 5.93. The molecule has 0 bridgehead atoms. The fraction of sp³-hybridized carbons (Fsp3) is 0.103. The summed E-state index contributed by atoms with van der Waals surface area (Å²) in [4.78, 5) is 19.3. The number of rotatable bonds is 7. The predicted octanol–water partition coefficient (Wildman–Crippen LogP) is 6.19. The van der Waals surface area contributed by atoms with Crippen molar-refractivity contribution >= 4 is 17.0 Å². The Hall–Kier alpha value is -4.22. The summed E-state index contributed by atoms with van der Waals surface area (Å²) in [5.74, 6) is -0.282. The number of aromatic amines is 1. The molecule has 5 aromatic rings.